The fourth-order valence-corrected chi connectivity index (χ4v) is 4.96. The van der Waals surface area contributed by atoms with Gasteiger partial charge < -0.3 is 20.6 Å². The van der Waals surface area contributed by atoms with Gasteiger partial charge in [0.05, 0.1) is 29.1 Å². The number of fused-ring (bicyclic) bond motifs is 1. The quantitative estimate of drug-likeness (QED) is 0.180. The molecule has 3 aromatic carbocycles. The van der Waals surface area contributed by atoms with Crippen LogP contribution in [0.3, 0.4) is 0 Å². The standard InChI is InChI=1S/C31H33N5O5/c1-20-18-25-26(19-24(20)31(39)40)33-30(38)27(25)28(21-6-4-3-5-7-21)32-23-10-8-22(9-11-23)29(37)34-41-17-16-36-14-12-35(2)13-15-36/h3-11,18-19,32H,12-17H2,1-2H3,(H,33,38)(H,34,37)(H,39,40). The summed E-state index contributed by atoms with van der Waals surface area (Å²) in [6.45, 7) is 6.89. The van der Waals surface area contributed by atoms with E-state index < -0.39 is 5.97 Å². The van der Waals surface area contributed by atoms with Crippen molar-refractivity contribution in [3.8, 4) is 0 Å². The van der Waals surface area contributed by atoms with Crippen LogP contribution in [0.5, 0.6) is 0 Å². The molecule has 0 aliphatic carbocycles. The van der Waals surface area contributed by atoms with Gasteiger partial charge in [-0.1, -0.05) is 30.3 Å². The van der Waals surface area contributed by atoms with E-state index in [0.717, 1.165) is 38.3 Å². The Morgan fingerprint density at radius 3 is 2.37 bits per heavy atom. The second-order valence-electron chi connectivity index (χ2n) is 10.2. The van der Waals surface area contributed by atoms with Gasteiger partial charge in [-0.25, -0.2) is 10.3 Å². The lowest BCUT2D eigenvalue weighted by Gasteiger charge is -2.32. The average molecular weight is 556 g/mol. The third-order valence-corrected chi connectivity index (χ3v) is 7.34. The monoisotopic (exact) mass is 555 g/mol. The Bertz CT molecular complexity index is 1480. The third-order valence-electron chi connectivity index (χ3n) is 7.34. The number of likely N-dealkylation sites (N-methyl/N-ethyl adjacent to an activating group) is 1. The topological polar surface area (TPSA) is 123 Å². The molecule has 2 heterocycles. The molecule has 10 nitrogen and oxygen atoms in total. The zero-order chi connectivity index (χ0) is 28.9. The van der Waals surface area contributed by atoms with Crippen LogP contribution in [0.1, 0.15) is 37.4 Å². The normalized spacial score (nSPS) is 16.6. The molecule has 41 heavy (non-hydrogen) atoms. The number of aromatic carboxylic acids is 1. The lowest BCUT2D eigenvalue weighted by atomic mass is 9.96. The molecule has 3 aromatic rings. The van der Waals surface area contributed by atoms with Crippen LogP contribution in [0.15, 0.2) is 66.7 Å². The zero-order valence-corrected chi connectivity index (χ0v) is 23.1. The number of rotatable bonds is 9. The van der Waals surface area contributed by atoms with E-state index >= 15 is 0 Å². The van der Waals surface area contributed by atoms with Gasteiger partial charge in [0.2, 0.25) is 0 Å². The summed E-state index contributed by atoms with van der Waals surface area (Å²) in [4.78, 5) is 47.4. The molecule has 0 radical (unpaired) electrons. The van der Waals surface area contributed by atoms with Gasteiger partial charge in [0.15, 0.2) is 0 Å². The number of carboxylic acid groups (broad SMARTS) is 1. The Morgan fingerprint density at radius 1 is 0.976 bits per heavy atom. The molecule has 4 N–H and O–H groups in total. The Labute approximate surface area is 238 Å². The number of hydrogen-bond acceptors (Lipinski definition) is 7. The maximum atomic E-state index is 13.2. The molecule has 5 rings (SSSR count). The molecule has 212 valence electrons. The van der Waals surface area contributed by atoms with E-state index in [-0.39, 0.29) is 17.4 Å². The van der Waals surface area contributed by atoms with Gasteiger partial charge in [-0.15, -0.1) is 0 Å². The van der Waals surface area contributed by atoms with Crippen LogP contribution in [0.2, 0.25) is 0 Å². The molecule has 2 aliphatic rings. The van der Waals surface area contributed by atoms with E-state index in [0.29, 0.717) is 45.9 Å². The molecular weight excluding hydrogens is 522 g/mol. The van der Waals surface area contributed by atoms with Crippen molar-refractivity contribution in [3.05, 3.63) is 94.5 Å². The summed E-state index contributed by atoms with van der Waals surface area (Å²) in [7, 11) is 2.11. The first-order chi connectivity index (χ1) is 19.8. The highest BCUT2D eigenvalue weighted by molar-refractivity contribution is 6.37. The summed E-state index contributed by atoms with van der Waals surface area (Å²) in [5.41, 5.74) is 7.12. The first kappa shape index (κ1) is 28.0. The highest BCUT2D eigenvalue weighted by Crippen LogP contribution is 2.39. The van der Waals surface area contributed by atoms with Crippen LogP contribution >= 0.6 is 0 Å². The fraction of sp³-hybridized carbons (Fsp3) is 0.258. The maximum Gasteiger partial charge on any atom is 0.336 e. The van der Waals surface area contributed by atoms with E-state index in [4.69, 9.17) is 4.84 Å². The van der Waals surface area contributed by atoms with Crippen molar-refractivity contribution in [2.45, 2.75) is 6.92 Å². The van der Waals surface area contributed by atoms with E-state index in [1.54, 1.807) is 37.3 Å². The van der Waals surface area contributed by atoms with Crippen molar-refractivity contribution in [1.29, 1.82) is 0 Å². The fourth-order valence-electron chi connectivity index (χ4n) is 4.96. The molecule has 0 spiro atoms. The van der Waals surface area contributed by atoms with E-state index in [1.165, 1.54) is 6.07 Å². The molecular formula is C31H33N5O5. The summed E-state index contributed by atoms with van der Waals surface area (Å²) in [5, 5.41) is 15.7. The van der Waals surface area contributed by atoms with Gasteiger partial charge in [0, 0.05) is 49.5 Å². The number of carbonyl (C=O) groups excluding carboxylic acids is 2. The SMILES string of the molecule is Cc1cc2c(cc1C(=O)O)NC(=O)C2=C(Nc1ccc(C(=O)NOCCN2CCN(C)CC2)cc1)c1ccccc1. The predicted molar refractivity (Wildman–Crippen MR) is 157 cm³/mol. The van der Waals surface area contributed by atoms with Crippen molar-refractivity contribution in [1.82, 2.24) is 15.3 Å². The van der Waals surface area contributed by atoms with Crippen molar-refractivity contribution in [2.75, 3.05) is 57.0 Å². The van der Waals surface area contributed by atoms with Gasteiger partial charge in [-0.2, -0.15) is 0 Å². The molecule has 10 heteroatoms. The number of aryl methyl sites for hydroxylation is 1. The van der Waals surface area contributed by atoms with Gasteiger partial charge in [-0.05, 0) is 61.5 Å². The lowest BCUT2D eigenvalue weighted by molar-refractivity contribution is -0.110. The maximum absolute atomic E-state index is 13.2. The van der Waals surface area contributed by atoms with Crippen LogP contribution in [0.4, 0.5) is 11.4 Å². The van der Waals surface area contributed by atoms with E-state index in [2.05, 4.69) is 33.0 Å². The molecule has 0 saturated carbocycles. The second kappa shape index (κ2) is 12.3. The van der Waals surface area contributed by atoms with Crippen LogP contribution < -0.4 is 16.1 Å². The highest BCUT2D eigenvalue weighted by Gasteiger charge is 2.30. The average Bonchev–Trinajstić information content (AvgIpc) is 3.29. The van der Waals surface area contributed by atoms with Crippen LogP contribution in [-0.2, 0) is 9.63 Å². The minimum absolute atomic E-state index is 0.136. The third kappa shape index (κ3) is 6.46. The lowest BCUT2D eigenvalue weighted by Crippen LogP contribution is -2.45. The summed E-state index contributed by atoms with van der Waals surface area (Å²) in [6.07, 6.45) is 0. The summed E-state index contributed by atoms with van der Waals surface area (Å²) in [6, 6.07) is 19.5. The van der Waals surface area contributed by atoms with Crippen molar-refractivity contribution >= 4 is 40.4 Å². The van der Waals surface area contributed by atoms with Gasteiger partial charge in [0.25, 0.3) is 11.8 Å². The molecule has 1 saturated heterocycles. The minimum atomic E-state index is -1.05. The molecule has 0 unspecified atom stereocenters. The number of carbonyl (C=O) groups is 3. The van der Waals surface area contributed by atoms with Crippen molar-refractivity contribution < 1.29 is 24.3 Å². The van der Waals surface area contributed by atoms with E-state index in [9.17, 15) is 19.5 Å². The summed E-state index contributed by atoms with van der Waals surface area (Å²) >= 11 is 0. The minimum Gasteiger partial charge on any atom is -0.478 e. The number of hydrogen-bond donors (Lipinski definition) is 4. The molecule has 2 amide bonds. The second-order valence-corrected chi connectivity index (χ2v) is 10.2. The van der Waals surface area contributed by atoms with Crippen LogP contribution in [0, 0.1) is 6.92 Å². The van der Waals surface area contributed by atoms with Gasteiger partial charge in [0.1, 0.15) is 0 Å². The Morgan fingerprint density at radius 2 is 1.68 bits per heavy atom. The zero-order valence-electron chi connectivity index (χ0n) is 23.1. The summed E-state index contributed by atoms with van der Waals surface area (Å²) < 4.78 is 0. The Kier molecular flexibility index (Phi) is 8.44. The number of benzene rings is 3. The van der Waals surface area contributed by atoms with Crippen LogP contribution in [-0.4, -0.2) is 79.1 Å². The number of carboxylic acids is 1. The summed E-state index contributed by atoms with van der Waals surface area (Å²) in [5.74, 6) is -1.73. The van der Waals surface area contributed by atoms with Crippen molar-refractivity contribution in [2.24, 2.45) is 0 Å². The molecule has 1 fully saturated rings. The molecule has 0 bridgehead atoms. The largest absolute Gasteiger partial charge is 0.478 e. The van der Waals surface area contributed by atoms with Crippen molar-refractivity contribution in [3.63, 3.8) is 0 Å². The van der Waals surface area contributed by atoms with Gasteiger partial charge in [-0.3, -0.25) is 19.3 Å². The van der Waals surface area contributed by atoms with Crippen LogP contribution in [0.25, 0.3) is 11.3 Å². The predicted octanol–water partition coefficient (Wildman–Crippen LogP) is 3.53. The first-order valence-corrected chi connectivity index (χ1v) is 13.5. The number of anilines is 2. The smallest absolute Gasteiger partial charge is 0.336 e. The number of nitrogens with one attached hydrogen (secondary N) is 3. The molecule has 2 aliphatic heterocycles. The number of hydroxylamine groups is 1. The number of nitrogens with zero attached hydrogens (tertiary/aromatic N) is 2. The Hall–Kier alpha value is -4.51. The number of amides is 2. The number of piperazine rings is 1. The van der Waals surface area contributed by atoms with E-state index in [1.807, 2.05) is 30.3 Å². The highest BCUT2D eigenvalue weighted by atomic mass is 16.7. The Balaban J connectivity index is 1.31. The first-order valence-electron chi connectivity index (χ1n) is 13.5. The molecule has 0 atom stereocenters. The molecule has 0 aromatic heterocycles. The van der Waals surface area contributed by atoms with Gasteiger partial charge >= 0.3 is 5.97 Å².